The van der Waals surface area contributed by atoms with E-state index in [1.807, 2.05) is 0 Å². The van der Waals surface area contributed by atoms with Gasteiger partial charge in [0.05, 0.1) is 22.1 Å². The van der Waals surface area contributed by atoms with E-state index in [1.165, 1.54) is 27.4 Å². The van der Waals surface area contributed by atoms with Crippen molar-refractivity contribution in [3.8, 4) is 0 Å². The number of aryl methyl sites for hydroxylation is 2. The summed E-state index contributed by atoms with van der Waals surface area (Å²) in [7, 11) is 0. The van der Waals surface area contributed by atoms with Crippen LogP contribution in [-0.2, 0) is 13.0 Å². The lowest BCUT2D eigenvalue weighted by Gasteiger charge is -2.08. The van der Waals surface area contributed by atoms with Crippen molar-refractivity contribution in [3.05, 3.63) is 90.5 Å². The van der Waals surface area contributed by atoms with E-state index in [1.54, 1.807) is 0 Å². The standard InChI is InChI=1S/C23H18N2/c1-2-8-17(9-3-1)14-15-25-21-13-7-5-11-19(21)23-22(25)16-18-10-4-6-12-20(18)24-23/h1-13,16H,14-15H2. The maximum atomic E-state index is 4.96. The maximum absolute atomic E-state index is 4.96. The second-order valence-corrected chi connectivity index (χ2v) is 6.45. The number of para-hydroxylation sites is 2. The minimum absolute atomic E-state index is 0.952. The quantitative estimate of drug-likeness (QED) is 0.423. The van der Waals surface area contributed by atoms with E-state index in [4.69, 9.17) is 4.98 Å². The second kappa shape index (κ2) is 5.75. The number of hydrogen-bond acceptors (Lipinski definition) is 1. The van der Waals surface area contributed by atoms with Crippen molar-refractivity contribution in [2.24, 2.45) is 0 Å². The van der Waals surface area contributed by atoms with E-state index in [9.17, 15) is 0 Å². The van der Waals surface area contributed by atoms with Gasteiger partial charge in [-0.05, 0) is 30.2 Å². The Hall–Kier alpha value is -3.13. The van der Waals surface area contributed by atoms with Gasteiger partial charge in [-0.3, -0.25) is 0 Å². The second-order valence-electron chi connectivity index (χ2n) is 6.45. The molecule has 0 radical (unpaired) electrons. The molecule has 0 aliphatic heterocycles. The van der Waals surface area contributed by atoms with Gasteiger partial charge in [0.1, 0.15) is 0 Å². The molecule has 0 N–H and O–H groups in total. The normalized spacial score (nSPS) is 11.5. The molecule has 0 aliphatic carbocycles. The molecule has 25 heavy (non-hydrogen) atoms. The van der Waals surface area contributed by atoms with Gasteiger partial charge in [0, 0.05) is 17.3 Å². The van der Waals surface area contributed by atoms with Crippen LogP contribution in [0.15, 0.2) is 84.9 Å². The molecule has 2 heterocycles. The van der Waals surface area contributed by atoms with E-state index >= 15 is 0 Å². The Morgan fingerprint density at radius 1 is 0.720 bits per heavy atom. The first-order chi connectivity index (χ1) is 12.4. The van der Waals surface area contributed by atoms with Crippen molar-refractivity contribution in [2.75, 3.05) is 0 Å². The van der Waals surface area contributed by atoms with Crippen molar-refractivity contribution < 1.29 is 0 Å². The molecule has 5 rings (SSSR count). The van der Waals surface area contributed by atoms with Gasteiger partial charge in [-0.15, -0.1) is 0 Å². The monoisotopic (exact) mass is 322 g/mol. The Morgan fingerprint density at radius 3 is 2.40 bits per heavy atom. The zero-order chi connectivity index (χ0) is 16.6. The van der Waals surface area contributed by atoms with Crippen molar-refractivity contribution >= 4 is 32.8 Å². The number of nitrogens with zero attached hydrogens (tertiary/aromatic N) is 2. The average molecular weight is 322 g/mol. The molecule has 3 aromatic carbocycles. The lowest BCUT2D eigenvalue weighted by atomic mass is 10.1. The lowest BCUT2D eigenvalue weighted by Crippen LogP contribution is -2.01. The summed E-state index contributed by atoms with van der Waals surface area (Å²) >= 11 is 0. The minimum Gasteiger partial charge on any atom is -0.339 e. The van der Waals surface area contributed by atoms with Gasteiger partial charge in [0.2, 0.25) is 0 Å². The summed E-state index contributed by atoms with van der Waals surface area (Å²) in [5.74, 6) is 0. The highest BCUT2D eigenvalue weighted by Gasteiger charge is 2.12. The van der Waals surface area contributed by atoms with Crippen LogP contribution in [0.5, 0.6) is 0 Å². The van der Waals surface area contributed by atoms with Gasteiger partial charge in [0.25, 0.3) is 0 Å². The summed E-state index contributed by atoms with van der Waals surface area (Å²) in [5.41, 5.74) is 6.00. The van der Waals surface area contributed by atoms with Crippen LogP contribution in [-0.4, -0.2) is 9.55 Å². The summed E-state index contributed by atoms with van der Waals surface area (Å²) < 4.78 is 2.41. The van der Waals surface area contributed by atoms with Crippen LogP contribution >= 0.6 is 0 Å². The molecule has 0 saturated heterocycles. The number of pyridine rings is 1. The molecule has 0 fully saturated rings. The topological polar surface area (TPSA) is 17.8 Å². The third-order valence-electron chi connectivity index (χ3n) is 4.91. The number of fused-ring (bicyclic) bond motifs is 4. The summed E-state index contributed by atoms with van der Waals surface area (Å²) in [6.07, 6.45) is 1.02. The molecule has 0 aliphatic rings. The molecule has 0 spiro atoms. The van der Waals surface area contributed by atoms with Crippen LogP contribution in [0.2, 0.25) is 0 Å². The van der Waals surface area contributed by atoms with Crippen LogP contribution in [0, 0.1) is 0 Å². The summed E-state index contributed by atoms with van der Waals surface area (Å²) in [6.45, 7) is 0.952. The molecule has 0 atom stereocenters. The van der Waals surface area contributed by atoms with Gasteiger partial charge in [-0.1, -0.05) is 66.7 Å². The number of aromatic nitrogens is 2. The molecule has 0 saturated carbocycles. The number of rotatable bonds is 3. The summed E-state index contributed by atoms with van der Waals surface area (Å²) in [6, 6.07) is 29.9. The number of hydrogen-bond donors (Lipinski definition) is 0. The Bertz CT molecular complexity index is 1190. The molecular formula is C23H18N2. The van der Waals surface area contributed by atoms with E-state index in [0.717, 1.165) is 24.0 Å². The average Bonchev–Trinajstić information content (AvgIpc) is 2.98. The Morgan fingerprint density at radius 2 is 1.48 bits per heavy atom. The first-order valence-corrected chi connectivity index (χ1v) is 8.71. The molecule has 2 nitrogen and oxygen atoms in total. The largest absolute Gasteiger partial charge is 0.339 e. The molecule has 0 unspecified atom stereocenters. The Balaban J connectivity index is 1.73. The Labute approximate surface area is 146 Å². The molecular weight excluding hydrogens is 304 g/mol. The van der Waals surface area contributed by atoms with Gasteiger partial charge in [0.15, 0.2) is 0 Å². The van der Waals surface area contributed by atoms with Crippen molar-refractivity contribution in [1.82, 2.24) is 9.55 Å². The van der Waals surface area contributed by atoms with E-state index in [2.05, 4.69) is 89.5 Å². The first-order valence-electron chi connectivity index (χ1n) is 8.71. The van der Waals surface area contributed by atoms with Gasteiger partial charge >= 0.3 is 0 Å². The van der Waals surface area contributed by atoms with Crippen LogP contribution in [0.1, 0.15) is 5.56 Å². The van der Waals surface area contributed by atoms with Crippen LogP contribution in [0.4, 0.5) is 0 Å². The smallest absolute Gasteiger partial charge is 0.0967 e. The maximum Gasteiger partial charge on any atom is 0.0967 e. The minimum atomic E-state index is 0.952. The van der Waals surface area contributed by atoms with Crippen molar-refractivity contribution in [2.45, 2.75) is 13.0 Å². The van der Waals surface area contributed by atoms with Crippen LogP contribution in [0.3, 0.4) is 0 Å². The highest BCUT2D eigenvalue weighted by Crippen LogP contribution is 2.30. The van der Waals surface area contributed by atoms with Crippen molar-refractivity contribution in [3.63, 3.8) is 0 Å². The molecule has 2 heteroatoms. The van der Waals surface area contributed by atoms with Gasteiger partial charge in [-0.2, -0.15) is 0 Å². The van der Waals surface area contributed by atoms with Gasteiger partial charge < -0.3 is 4.57 Å². The predicted molar refractivity (Wildman–Crippen MR) is 105 cm³/mol. The third-order valence-corrected chi connectivity index (χ3v) is 4.91. The molecule has 2 aromatic heterocycles. The van der Waals surface area contributed by atoms with E-state index in [0.29, 0.717) is 0 Å². The van der Waals surface area contributed by atoms with E-state index < -0.39 is 0 Å². The van der Waals surface area contributed by atoms with Crippen LogP contribution in [0.25, 0.3) is 32.8 Å². The fourth-order valence-electron chi connectivity index (χ4n) is 3.67. The fraction of sp³-hybridized carbons (Fsp3) is 0.0870. The van der Waals surface area contributed by atoms with E-state index in [-0.39, 0.29) is 0 Å². The predicted octanol–water partition coefficient (Wildman–Crippen LogP) is 5.59. The first kappa shape index (κ1) is 14.2. The van der Waals surface area contributed by atoms with Gasteiger partial charge in [-0.25, -0.2) is 4.98 Å². The molecule has 0 amide bonds. The third kappa shape index (κ3) is 2.38. The van der Waals surface area contributed by atoms with Crippen LogP contribution < -0.4 is 0 Å². The summed E-state index contributed by atoms with van der Waals surface area (Å²) in [5, 5.41) is 2.43. The van der Waals surface area contributed by atoms with Crippen molar-refractivity contribution in [1.29, 1.82) is 0 Å². The molecule has 120 valence electrons. The fourth-order valence-corrected chi connectivity index (χ4v) is 3.67. The highest BCUT2D eigenvalue weighted by atomic mass is 15.0. The zero-order valence-electron chi connectivity index (χ0n) is 13.9. The zero-order valence-corrected chi connectivity index (χ0v) is 13.9. The molecule has 5 aromatic rings. The summed E-state index contributed by atoms with van der Waals surface area (Å²) in [4.78, 5) is 4.96. The molecule has 0 bridgehead atoms. The Kier molecular flexibility index (Phi) is 3.27. The highest BCUT2D eigenvalue weighted by molar-refractivity contribution is 6.08. The lowest BCUT2D eigenvalue weighted by molar-refractivity contribution is 0.745. The SMILES string of the molecule is c1ccc(CCn2c3ccccc3c3nc4ccccc4cc32)cc1. The number of benzene rings is 3.